The Labute approximate surface area is 110 Å². The maximum atomic E-state index is 11.8. The largest absolute Gasteiger partial charge is 0.480 e. The van der Waals surface area contributed by atoms with Gasteiger partial charge in [0.15, 0.2) is 0 Å². The molecule has 1 atom stereocenters. The molecule has 1 unspecified atom stereocenters. The van der Waals surface area contributed by atoms with Gasteiger partial charge in [-0.1, -0.05) is 31.4 Å². The Morgan fingerprint density at radius 2 is 2.28 bits per heavy atom. The average molecular weight is 271 g/mol. The van der Waals surface area contributed by atoms with Crippen molar-refractivity contribution < 1.29 is 14.7 Å². The molecular formula is C12H15ClN2O3. The molecule has 1 rings (SSSR count). The number of carboxylic acid groups (broad SMARTS) is 1. The molecule has 0 aliphatic rings. The Kier molecular flexibility index (Phi) is 5.58. The van der Waals surface area contributed by atoms with Gasteiger partial charge in [0.05, 0.1) is 0 Å². The second kappa shape index (κ2) is 6.96. The van der Waals surface area contributed by atoms with Crippen LogP contribution in [0.25, 0.3) is 0 Å². The van der Waals surface area contributed by atoms with Gasteiger partial charge in [-0.3, -0.25) is 9.78 Å². The number of pyridine rings is 1. The van der Waals surface area contributed by atoms with Gasteiger partial charge in [-0.25, -0.2) is 4.79 Å². The van der Waals surface area contributed by atoms with Crippen molar-refractivity contribution in [3.05, 3.63) is 29.0 Å². The number of carbonyl (C=O) groups is 2. The smallest absolute Gasteiger partial charge is 0.326 e. The number of halogens is 1. The van der Waals surface area contributed by atoms with E-state index >= 15 is 0 Å². The van der Waals surface area contributed by atoms with Crippen LogP contribution in [0, 0.1) is 0 Å². The molecule has 1 aromatic heterocycles. The van der Waals surface area contributed by atoms with Gasteiger partial charge in [-0.2, -0.15) is 0 Å². The number of hydrogen-bond acceptors (Lipinski definition) is 3. The van der Waals surface area contributed by atoms with Gasteiger partial charge in [0.25, 0.3) is 5.91 Å². The van der Waals surface area contributed by atoms with E-state index in [2.05, 4.69) is 10.3 Å². The van der Waals surface area contributed by atoms with Crippen molar-refractivity contribution >= 4 is 23.5 Å². The molecular weight excluding hydrogens is 256 g/mol. The van der Waals surface area contributed by atoms with Gasteiger partial charge in [0.2, 0.25) is 0 Å². The van der Waals surface area contributed by atoms with Crippen molar-refractivity contribution in [2.24, 2.45) is 0 Å². The van der Waals surface area contributed by atoms with Crippen LogP contribution in [0.15, 0.2) is 18.3 Å². The molecule has 1 aromatic rings. The lowest BCUT2D eigenvalue weighted by molar-refractivity contribution is -0.139. The molecule has 6 heteroatoms. The SMILES string of the molecule is CCCCC(NC(=O)c1cc(Cl)ccn1)C(=O)O. The fourth-order valence-corrected chi connectivity index (χ4v) is 1.59. The summed E-state index contributed by atoms with van der Waals surface area (Å²) in [6.07, 6.45) is 3.41. The van der Waals surface area contributed by atoms with E-state index < -0.39 is 17.9 Å². The number of amides is 1. The number of rotatable bonds is 6. The highest BCUT2D eigenvalue weighted by molar-refractivity contribution is 6.30. The number of hydrogen-bond donors (Lipinski definition) is 2. The van der Waals surface area contributed by atoms with Crippen molar-refractivity contribution in [2.75, 3.05) is 0 Å². The third-order valence-electron chi connectivity index (χ3n) is 2.40. The number of aliphatic carboxylic acids is 1. The van der Waals surface area contributed by atoms with Crippen LogP contribution in [0.2, 0.25) is 5.02 Å². The number of nitrogens with zero attached hydrogens (tertiary/aromatic N) is 1. The standard InChI is InChI=1S/C12H15ClN2O3/c1-2-3-4-9(12(17)18)15-11(16)10-7-8(13)5-6-14-10/h5-7,9H,2-4H2,1H3,(H,15,16)(H,17,18). The first-order valence-electron chi connectivity index (χ1n) is 5.69. The minimum absolute atomic E-state index is 0.116. The van der Waals surface area contributed by atoms with Gasteiger partial charge in [-0.15, -0.1) is 0 Å². The predicted octanol–water partition coefficient (Wildman–Crippen LogP) is 2.11. The van der Waals surface area contributed by atoms with E-state index in [0.717, 1.165) is 12.8 Å². The van der Waals surface area contributed by atoms with Crippen molar-refractivity contribution in [1.29, 1.82) is 0 Å². The van der Waals surface area contributed by atoms with Crippen LogP contribution in [0.3, 0.4) is 0 Å². The Hall–Kier alpha value is -1.62. The lowest BCUT2D eigenvalue weighted by Gasteiger charge is -2.13. The summed E-state index contributed by atoms with van der Waals surface area (Å²) in [5.41, 5.74) is 0.116. The molecule has 0 bridgehead atoms. The minimum atomic E-state index is -1.04. The van der Waals surface area contributed by atoms with Gasteiger partial charge in [0, 0.05) is 11.2 Å². The molecule has 2 N–H and O–H groups in total. The number of carbonyl (C=O) groups excluding carboxylic acids is 1. The lowest BCUT2D eigenvalue weighted by atomic mass is 10.1. The molecule has 0 aliphatic carbocycles. The number of nitrogens with one attached hydrogen (secondary N) is 1. The van der Waals surface area contributed by atoms with Gasteiger partial charge in [-0.05, 0) is 18.6 Å². The van der Waals surface area contributed by atoms with Crippen LogP contribution >= 0.6 is 11.6 Å². The molecule has 0 fully saturated rings. The second-order valence-corrected chi connectivity index (χ2v) is 4.30. The zero-order valence-corrected chi connectivity index (χ0v) is 10.8. The maximum Gasteiger partial charge on any atom is 0.326 e. The van der Waals surface area contributed by atoms with E-state index in [1.54, 1.807) is 6.07 Å². The zero-order valence-electron chi connectivity index (χ0n) is 10.0. The summed E-state index contributed by atoms with van der Waals surface area (Å²) < 4.78 is 0. The quantitative estimate of drug-likeness (QED) is 0.830. The predicted molar refractivity (Wildman–Crippen MR) is 67.7 cm³/mol. The summed E-state index contributed by atoms with van der Waals surface area (Å²) >= 11 is 5.74. The molecule has 0 saturated heterocycles. The molecule has 0 aromatic carbocycles. The fraction of sp³-hybridized carbons (Fsp3) is 0.417. The molecule has 0 spiro atoms. The fourth-order valence-electron chi connectivity index (χ4n) is 1.43. The second-order valence-electron chi connectivity index (χ2n) is 3.87. The summed E-state index contributed by atoms with van der Waals surface area (Å²) in [4.78, 5) is 26.6. The average Bonchev–Trinajstić information content (AvgIpc) is 2.33. The monoisotopic (exact) mass is 270 g/mol. The van der Waals surface area contributed by atoms with Gasteiger partial charge < -0.3 is 10.4 Å². The van der Waals surface area contributed by atoms with Crippen molar-refractivity contribution in [3.63, 3.8) is 0 Å². The Balaban J connectivity index is 2.69. The third-order valence-corrected chi connectivity index (χ3v) is 2.64. The molecule has 1 heterocycles. The maximum absolute atomic E-state index is 11.8. The molecule has 1 amide bonds. The first-order valence-corrected chi connectivity index (χ1v) is 6.07. The summed E-state index contributed by atoms with van der Waals surface area (Å²) in [7, 11) is 0. The topological polar surface area (TPSA) is 79.3 Å². The van der Waals surface area contributed by atoms with Crippen LogP contribution in [-0.2, 0) is 4.79 Å². The van der Waals surface area contributed by atoms with Gasteiger partial charge in [0.1, 0.15) is 11.7 Å². The van der Waals surface area contributed by atoms with Crippen LogP contribution in [0.5, 0.6) is 0 Å². The minimum Gasteiger partial charge on any atom is -0.480 e. The van der Waals surface area contributed by atoms with E-state index in [1.807, 2.05) is 6.92 Å². The molecule has 18 heavy (non-hydrogen) atoms. The van der Waals surface area contributed by atoms with Crippen LogP contribution in [0.4, 0.5) is 0 Å². The van der Waals surface area contributed by atoms with Crippen molar-refractivity contribution in [1.82, 2.24) is 10.3 Å². The molecule has 5 nitrogen and oxygen atoms in total. The number of aromatic nitrogens is 1. The van der Waals surface area contributed by atoms with E-state index in [4.69, 9.17) is 16.7 Å². The summed E-state index contributed by atoms with van der Waals surface area (Å²) in [5, 5.41) is 11.8. The van der Waals surface area contributed by atoms with E-state index in [-0.39, 0.29) is 5.69 Å². The highest BCUT2D eigenvalue weighted by atomic mass is 35.5. The summed E-state index contributed by atoms with van der Waals surface area (Å²) in [6.45, 7) is 1.96. The lowest BCUT2D eigenvalue weighted by Crippen LogP contribution is -2.41. The van der Waals surface area contributed by atoms with E-state index in [1.165, 1.54) is 12.3 Å². The van der Waals surface area contributed by atoms with Crippen LogP contribution < -0.4 is 5.32 Å². The first kappa shape index (κ1) is 14.4. The van der Waals surface area contributed by atoms with Crippen molar-refractivity contribution in [3.8, 4) is 0 Å². The molecule has 0 saturated carbocycles. The number of unbranched alkanes of at least 4 members (excludes halogenated alkanes) is 1. The van der Waals surface area contributed by atoms with Crippen molar-refractivity contribution in [2.45, 2.75) is 32.2 Å². The normalized spacial score (nSPS) is 11.9. The highest BCUT2D eigenvalue weighted by Gasteiger charge is 2.20. The molecule has 0 aliphatic heterocycles. The van der Waals surface area contributed by atoms with Gasteiger partial charge >= 0.3 is 5.97 Å². The number of carboxylic acids is 1. The summed E-state index contributed by atoms with van der Waals surface area (Å²) in [6, 6.07) is 2.05. The molecule has 0 radical (unpaired) electrons. The third kappa shape index (κ3) is 4.33. The van der Waals surface area contributed by atoms with E-state index in [0.29, 0.717) is 11.4 Å². The molecule has 98 valence electrons. The zero-order chi connectivity index (χ0) is 13.5. The Bertz CT molecular complexity index is 437. The van der Waals surface area contributed by atoms with Crippen LogP contribution in [0.1, 0.15) is 36.7 Å². The van der Waals surface area contributed by atoms with Crippen LogP contribution in [-0.4, -0.2) is 28.0 Å². The van der Waals surface area contributed by atoms with E-state index in [9.17, 15) is 9.59 Å². The summed E-state index contributed by atoms with van der Waals surface area (Å²) in [5.74, 6) is -1.57. The first-order chi connectivity index (χ1) is 8.54. The highest BCUT2D eigenvalue weighted by Crippen LogP contribution is 2.09. The Morgan fingerprint density at radius 1 is 1.56 bits per heavy atom. The Morgan fingerprint density at radius 3 is 2.83 bits per heavy atom.